The summed E-state index contributed by atoms with van der Waals surface area (Å²) in [6.07, 6.45) is 1.67. The van der Waals surface area contributed by atoms with Crippen LogP contribution in [0.5, 0.6) is 11.5 Å². The number of fused-ring (bicyclic) bond motifs is 1. The van der Waals surface area contributed by atoms with Crippen molar-refractivity contribution >= 4 is 26.3 Å². The summed E-state index contributed by atoms with van der Waals surface area (Å²) in [5.41, 5.74) is 2.83. The van der Waals surface area contributed by atoms with Crippen LogP contribution >= 0.6 is 11.3 Å². The molecule has 0 aliphatic carbocycles. The third-order valence-electron chi connectivity index (χ3n) is 4.20. The normalized spacial score (nSPS) is 12.0. The minimum absolute atomic E-state index is 0.159. The number of hydrogen-bond acceptors (Lipinski definition) is 6. The summed E-state index contributed by atoms with van der Waals surface area (Å²) in [5.74, 6) is 1.98. The molecule has 4 aromatic rings. The van der Waals surface area contributed by atoms with Crippen LogP contribution in [0.3, 0.4) is 0 Å². The van der Waals surface area contributed by atoms with Crippen LogP contribution in [0.4, 0.5) is 0 Å². The number of nitrogens with zero attached hydrogens (tertiary/aromatic N) is 3. The zero-order valence-electron chi connectivity index (χ0n) is 15.2. The Labute approximate surface area is 166 Å². The third-order valence-corrected chi connectivity index (χ3v) is 6.43. The fourth-order valence-corrected chi connectivity index (χ4v) is 4.19. The standard InChI is InChI=1S/C19H18N4O3S2/c1-12(2)13-3-7-15(8-4-13)26-16-9-5-14(6-10-16)17-11-23-18(21-17)27-19(22-23)28(20,24)25/h3-12H,1-2H3,(H2,20,24,25). The lowest BCUT2D eigenvalue weighted by atomic mass is 10.0. The Bertz CT molecular complexity index is 1190. The molecule has 0 spiro atoms. The van der Waals surface area contributed by atoms with E-state index in [1.54, 1.807) is 6.20 Å². The van der Waals surface area contributed by atoms with Gasteiger partial charge in [0, 0.05) is 5.56 Å². The average molecular weight is 415 g/mol. The Balaban J connectivity index is 1.52. The Morgan fingerprint density at radius 3 is 2.18 bits per heavy atom. The smallest absolute Gasteiger partial charge is 0.267 e. The monoisotopic (exact) mass is 414 g/mol. The van der Waals surface area contributed by atoms with E-state index in [1.807, 2.05) is 36.4 Å². The van der Waals surface area contributed by atoms with Gasteiger partial charge in [-0.25, -0.2) is 23.1 Å². The third kappa shape index (κ3) is 3.77. The maximum Gasteiger partial charge on any atom is 0.267 e. The Kier molecular flexibility index (Phi) is 4.66. The number of benzene rings is 2. The molecule has 2 aromatic carbocycles. The van der Waals surface area contributed by atoms with Crippen molar-refractivity contribution in [3.05, 3.63) is 60.3 Å². The molecule has 0 aliphatic heterocycles. The lowest BCUT2D eigenvalue weighted by Gasteiger charge is -2.09. The molecular weight excluding hydrogens is 396 g/mol. The van der Waals surface area contributed by atoms with Crippen molar-refractivity contribution < 1.29 is 13.2 Å². The zero-order valence-corrected chi connectivity index (χ0v) is 16.9. The topological polar surface area (TPSA) is 99.6 Å². The highest BCUT2D eigenvalue weighted by Crippen LogP contribution is 2.28. The lowest BCUT2D eigenvalue weighted by molar-refractivity contribution is 0.482. The molecule has 144 valence electrons. The molecule has 28 heavy (non-hydrogen) atoms. The molecule has 0 bridgehead atoms. The van der Waals surface area contributed by atoms with Gasteiger partial charge in [-0.05, 0) is 47.9 Å². The molecule has 2 heterocycles. The molecule has 2 aromatic heterocycles. The fourth-order valence-electron chi connectivity index (χ4n) is 2.69. The molecule has 7 nitrogen and oxygen atoms in total. The van der Waals surface area contributed by atoms with Crippen molar-refractivity contribution in [3.63, 3.8) is 0 Å². The number of aromatic nitrogens is 3. The van der Waals surface area contributed by atoms with Gasteiger partial charge in [0.25, 0.3) is 10.0 Å². The number of nitrogens with two attached hydrogens (primary N) is 1. The Morgan fingerprint density at radius 1 is 1.04 bits per heavy atom. The zero-order chi connectivity index (χ0) is 19.9. The van der Waals surface area contributed by atoms with Gasteiger partial charge in [-0.3, -0.25) is 0 Å². The molecule has 2 N–H and O–H groups in total. The fraction of sp³-hybridized carbons (Fsp3) is 0.158. The number of primary sulfonamides is 1. The number of imidazole rings is 1. The number of hydrogen-bond donors (Lipinski definition) is 1. The maximum atomic E-state index is 11.4. The quantitative estimate of drug-likeness (QED) is 0.532. The Hall–Kier alpha value is -2.75. The van der Waals surface area contributed by atoms with Crippen LogP contribution in [0.25, 0.3) is 16.2 Å². The second-order valence-electron chi connectivity index (χ2n) is 6.62. The highest BCUT2D eigenvalue weighted by molar-refractivity contribution is 7.91. The van der Waals surface area contributed by atoms with Gasteiger partial charge in [0.2, 0.25) is 9.30 Å². The van der Waals surface area contributed by atoms with Gasteiger partial charge in [-0.15, -0.1) is 5.10 Å². The molecule has 0 fully saturated rings. The largest absolute Gasteiger partial charge is 0.457 e. The summed E-state index contributed by atoms with van der Waals surface area (Å²) in [5, 5.41) is 9.05. The van der Waals surface area contributed by atoms with Gasteiger partial charge >= 0.3 is 0 Å². The Morgan fingerprint density at radius 2 is 1.64 bits per heavy atom. The molecule has 4 rings (SSSR count). The lowest BCUT2D eigenvalue weighted by Crippen LogP contribution is -2.12. The molecular formula is C19H18N4O3S2. The first-order valence-corrected chi connectivity index (χ1v) is 10.9. The maximum absolute atomic E-state index is 11.4. The van der Waals surface area contributed by atoms with E-state index in [0.717, 1.165) is 28.4 Å². The molecule has 0 radical (unpaired) electrons. The molecule has 0 aliphatic rings. The molecule has 9 heteroatoms. The molecule has 0 saturated heterocycles. The number of sulfonamides is 1. The van der Waals surface area contributed by atoms with Crippen molar-refractivity contribution in [3.8, 4) is 22.8 Å². The molecule has 0 amide bonds. The van der Waals surface area contributed by atoms with Crippen LogP contribution < -0.4 is 9.88 Å². The van der Waals surface area contributed by atoms with Crippen LogP contribution in [-0.4, -0.2) is 23.0 Å². The highest BCUT2D eigenvalue weighted by Gasteiger charge is 2.17. The van der Waals surface area contributed by atoms with Crippen molar-refractivity contribution in [2.75, 3.05) is 0 Å². The van der Waals surface area contributed by atoms with Crippen molar-refractivity contribution in [1.82, 2.24) is 14.6 Å². The summed E-state index contributed by atoms with van der Waals surface area (Å²) in [6, 6.07) is 15.6. The van der Waals surface area contributed by atoms with Gasteiger partial charge in [-0.2, -0.15) is 0 Å². The first-order chi connectivity index (χ1) is 13.3. The summed E-state index contributed by atoms with van der Waals surface area (Å²) in [4.78, 5) is 4.88. The molecule has 0 unspecified atom stereocenters. The van der Waals surface area contributed by atoms with Gasteiger partial charge in [0.1, 0.15) is 11.5 Å². The SMILES string of the molecule is CC(C)c1ccc(Oc2ccc(-c3cn4nc(S(N)(=O)=O)sc4n3)cc2)cc1. The van der Waals surface area contributed by atoms with Gasteiger partial charge in [0.05, 0.1) is 11.9 Å². The minimum Gasteiger partial charge on any atom is -0.457 e. The first kappa shape index (κ1) is 18.6. The van der Waals surface area contributed by atoms with Gasteiger partial charge in [0.15, 0.2) is 0 Å². The van der Waals surface area contributed by atoms with Gasteiger partial charge < -0.3 is 4.74 Å². The molecule has 0 atom stereocenters. The predicted molar refractivity (Wildman–Crippen MR) is 108 cm³/mol. The summed E-state index contributed by atoms with van der Waals surface area (Å²) >= 11 is 0.931. The molecule has 0 saturated carbocycles. The van der Waals surface area contributed by atoms with E-state index < -0.39 is 10.0 Å². The number of ether oxygens (including phenoxy) is 1. The van der Waals surface area contributed by atoms with E-state index >= 15 is 0 Å². The van der Waals surface area contributed by atoms with Crippen molar-refractivity contribution in [2.24, 2.45) is 5.14 Å². The summed E-state index contributed by atoms with van der Waals surface area (Å²) in [6.45, 7) is 4.31. The van der Waals surface area contributed by atoms with E-state index in [1.165, 1.54) is 10.1 Å². The summed E-state index contributed by atoms with van der Waals surface area (Å²) in [7, 11) is -3.83. The van der Waals surface area contributed by atoms with Crippen LogP contribution in [-0.2, 0) is 10.0 Å². The highest BCUT2D eigenvalue weighted by atomic mass is 32.2. The second kappa shape index (κ2) is 7.01. The van der Waals surface area contributed by atoms with E-state index in [0.29, 0.717) is 16.6 Å². The van der Waals surface area contributed by atoms with Crippen LogP contribution in [0.1, 0.15) is 25.3 Å². The predicted octanol–water partition coefficient (Wildman–Crippen LogP) is 4.02. The van der Waals surface area contributed by atoms with Crippen LogP contribution in [0.15, 0.2) is 59.1 Å². The van der Waals surface area contributed by atoms with E-state index in [4.69, 9.17) is 9.88 Å². The van der Waals surface area contributed by atoms with E-state index in [-0.39, 0.29) is 4.34 Å². The van der Waals surface area contributed by atoms with E-state index in [2.05, 4.69) is 36.1 Å². The van der Waals surface area contributed by atoms with E-state index in [9.17, 15) is 8.42 Å². The van der Waals surface area contributed by atoms with Crippen molar-refractivity contribution in [2.45, 2.75) is 24.1 Å². The first-order valence-electron chi connectivity index (χ1n) is 8.57. The second-order valence-corrected chi connectivity index (χ2v) is 9.31. The minimum atomic E-state index is -3.83. The van der Waals surface area contributed by atoms with Crippen LogP contribution in [0, 0.1) is 0 Å². The number of rotatable bonds is 5. The van der Waals surface area contributed by atoms with Crippen LogP contribution in [0.2, 0.25) is 0 Å². The average Bonchev–Trinajstić information content (AvgIpc) is 3.22. The van der Waals surface area contributed by atoms with Crippen molar-refractivity contribution in [1.29, 1.82) is 0 Å². The van der Waals surface area contributed by atoms with Gasteiger partial charge in [-0.1, -0.05) is 37.3 Å². The summed E-state index contributed by atoms with van der Waals surface area (Å²) < 4.78 is 29.9.